The summed E-state index contributed by atoms with van der Waals surface area (Å²) in [6.07, 6.45) is 0. The van der Waals surface area contributed by atoms with Crippen LogP contribution in [0.2, 0.25) is 0 Å². The van der Waals surface area contributed by atoms with Crippen molar-refractivity contribution in [3.8, 4) is 0 Å². The van der Waals surface area contributed by atoms with Crippen LogP contribution in [-0.4, -0.2) is 49.3 Å². The zero-order valence-electron chi connectivity index (χ0n) is 11.7. The number of methoxy groups -OCH3 is 1. The first-order valence-electron chi connectivity index (χ1n) is 6.37. The molecule has 0 bridgehead atoms. The molecule has 1 heterocycles. The first kappa shape index (κ1) is 13.9. The Bertz CT molecular complexity index is 216. The molecular weight excluding hydrogens is 200 g/mol. The smallest absolute Gasteiger partial charge is 0.0615 e. The molecule has 1 fully saturated rings. The molecule has 2 unspecified atom stereocenters. The highest BCUT2D eigenvalue weighted by molar-refractivity contribution is 4.95. The van der Waals surface area contributed by atoms with Crippen LogP contribution in [0.25, 0.3) is 0 Å². The van der Waals surface area contributed by atoms with E-state index in [-0.39, 0.29) is 5.54 Å². The fourth-order valence-corrected chi connectivity index (χ4v) is 2.57. The number of nitrogens with zero attached hydrogens (tertiary/aromatic N) is 1. The van der Waals surface area contributed by atoms with Crippen LogP contribution in [0.1, 0.15) is 34.6 Å². The fraction of sp³-hybridized carbons (Fsp3) is 1.00. The Labute approximate surface area is 101 Å². The van der Waals surface area contributed by atoms with E-state index < -0.39 is 0 Å². The average Bonchev–Trinajstić information content (AvgIpc) is 2.16. The van der Waals surface area contributed by atoms with Gasteiger partial charge in [0, 0.05) is 37.8 Å². The SMILES string of the molecule is COCC(C)N1CC(C)(C)NCC1C(C)C. The number of piperazine rings is 1. The van der Waals surface area contributed by atoms with Gasteiger partial charge in [0.25, 0.3) is 0 Å². The van der Waals surface area contributed by atoms with Crippen LogP contribution < -0.4 is 5.32 Å². The number of rotatable bonds is 4. The Morgan fingerprint density at radius 2 is 2.00 bits per heavy atom. The number of nitrogens with one attached hydrogen (secondary N) is 1. The van der Waals surface area contributed by atoms with Crippen LogP contribution in [0.4, 0.5) is 0 Å². The van der Waals surface area contributed by atoms with Crippen molar-refractivity contribution >= 4 is 0 Å². The van der Waals surface area contributed by atoms with E-state index >= 15 is 0 Å². The maximum Gasteiger partial charge on any atom is 0.0615 e. The molecule has 0 amide bonds. The molecule has 3 nitrogen and oxygen atoms in total. The molecule has 0 aromatic heterocycles. The average molecular weight is 228 g/mol. The van der Waals surface area contributed by atoms with E-state index in [9.17, 15) is 0 Å². The second-order valence-electron chi connectivity index (χ2n) is 6.05. The van der Waals surface area contributed by atoms with Crippen LogP contribution in [0.5, 0.6) is 0 Å². The first-order chi connectivity index (χ1) is 7.37. The van der Waals surface area contributed by atoms with Crippen molar-refractivity contribution in [3.05, 3.63) is 0 Å². The largest absolute Gasteiger partial charge is 0.383 e. The molecule has 96 valence electrons. The Hall–Kier alpha value is -0.120. The fourth-order valence-electron chi connectivity index (χ4n) is 2.57. The van der Waals surface area contributed by atoms with Gasteiger partial charge in [0.1, 0.15) is 0 Å². The Morgan fingerprint density at radius 1 is 1.38 bits per heavy atom. The molecule has 1 saturated heterocycles. The van der Waals surface area contributed by atoms with Crippen molar-refractivity contribution in [1.29, 1.82) is 0 Å². The molecule has 0 aromatic rings. The molecule has 0 aliphatic carbocycles. The summed E-state index contributed by atoms with van der Waals surface area (Å²) in [4.78, 5) is 2.60. The predicted molar refractivity (Wildman–Crippen MR) is 68.8 cm³/mol. The minimum Gasteiger partial charge on any atom is -0.383 e. The van der Waals surface area contributed by atoms with Gasteiger partial charge in [0.05, 0.1) is 6.61 Å². The van der Waals surface area contributed by atoms with Crippen LogP contribution in [0.15, 0.2) is 0 Å². The number of hydrogen-bond donors (Lipinski definition) is 1. The molecule has 1 aliphatic rings. The minimum atomic E-state index is 0.216. The van der Waals surface area contributed by atoms with E-state index in [0.717, 1.165) is 19.7 Å². The van der Waals surface area contributed by atoms with Crippen molar-refractivity contribution in [2.45, 2.75) is 52.2 Å². The van der Waals surface area contributed by atoms with Gasteiger partial charge >= 0.3 is 0 Å². The standard InChI is InChI=1S/C13H28N2O/c1-10(2)12-7-14-13(4,5)9-15(12)11(3)8-16-6/h10-12,14H,7-9H2,1-6H3. The third-order valence-corrected chi connectivity index (χ3v) is 3.54. The third-order valence-electron chi connectivity index (χ3n) is 3.54. The predicted octanol–water partition coefficient (Wildman–Crippen LogP) is 1.73. The number of ether oxygens (including phenoxy) is 1. The maximum atomic E-state index is 5.29. The Morgan fingerprint density at radius 3 is 2.50 bits per heavy atom. The highest BCUT2D eigenvalue weighted by Crippen LogP contribution is 2.22. The van der Waals surface area contributed by atoms with E-state index in [4.69, 9.17) is 4.74 Å². The second-order valence-corrected chi connectivity index (χ2v) is 6.05. The monoisotopic (exact) mass is 228 g/mol. The van der Waals surface area contributed by atoms with Crippen molar-refractivity contribution in [2.75, 3.05) is 26.8 Å². The molecule has 0 spiro atoms. The van der Waals surface area contributed by atoms with E-state index in [0.29, 0.717) is 18.0 Å². The van der Waals surface area contributed by atoms with E-state index in [1.807, 2.05) is 0 Å². The van der Waals surface area contributed by atoms with Crippen molar-refractivity contribution in [3.63, 3.8) is 0 Å². The summed E-state index contributed by atoms with van der Waals surface area (Å²) in [5.41, 5.74) is 0.216. The molecular formula is C13H28N2O. The summed E-state index contributed by atoms with van der Waals surface area (Å²) < 4.78 is 5.29. The highest BCUT2D eigenvalue weighted by atomic mass is 16.5. The van der Waals surface area contributed by atoms with Gasteiger partial charge in [-0.2, -0.15) is 0 Å². The lowest BCUT2D eigenvalue weighted by Crippen LogP contribution is -2.65. The third kappa shape index (κ3) is 3.44. The van der Waals surface area contributed by atoms with Crippen molar-refractivity contribution in [2.24, 2.45) is 5.92 Å². The van der Waals surface area contributed by atoms with Gasteiger partial charge in [-0.05, 0) is 26.7 Å². The molecule has 1 N–H and O–H groups in total. The second kappa shape index (κ2) is 5.48. The zero-order chi connectivity index (χ0) is 12.3. The lowest BCUT2D eigenvalue weighted by molar-refractivity contribution is 0.00722. The summed E-state index contributed by atoms with van der Waals surface area (Å²) in [6.45, 7) is 14.4. The molecule has 1 rings (SSSR count). The molecule has 0 saturated carbocycles. The Kier molecular flexibility index (Phi) is 4.77. The molecule has 16 heavy (non-hydrogen) atoms. The molecule has 0 aromatic carbocycles. The first-order valence-corrected chi connectivity index (χ1v) is 6.37. The minimum absolute atomic E-state index is 0.216. The summed E-state index contributed by atoms with van der Waals surface area (Å²) >= 11 is 0. The van der Waals surface area contributed by atoms with E-state index in [2.05, 4.69) is 44.8 Å². The zero-order valence-corrected chi connectivity index (χ0v) is 11.7. The van der Waals surface area contributed by atoms with Crippen LogP contribution >= 0.6 is 0 Å². The van der Waals surface area contributed by atoms with E-state index in [1.165, 1.54) is 0 Å². The van der Waals surface area contributed by atoms with Crippen LogP contribution in [-0.2, 0) is 4.74 Å². The topological polar surface area (TPSA) is 24.5 Å². The van der Waals surface area contributed by atoms with E-state index in [1.54, 1.807) is 7.11 Å². The van der Waals surface area contributed by atoms with Gasteiger partial charge in [-0.25, -0.2) is 0 Å². The summed E-state index contributed by atoms with van der Waals surface area (Å²) in [7, 11) is 1.79. The molecule has 2 atom stereocenters. The quantitative estimate of drug-likeness (QED) is 0.793. The lowest BCUT2D eigenvalue weighted by atomic mass is 9.92. The molecule has 0 radical (unpaired) electrons. The van der Waals surface area contributed by atoms with Gasteiger partial charge < -0.3 is 10.1 Å². The summed E-state index contributed by atoms with van der Waals surface area (Å²) in [6, 6.07) is 1.12. The van der Waals surface area contributed by atoms with Gasteiger partial charge in [-0.15, -0.1) is 0 Å². The van der Waals surface area contributed by atoms with Crippen molar-refractivity contribution in [1.82, 2.24) is 10.2 Å². The van der Waals surface area contributed by atoms with Crippen molar-refractivity contribution < 1.29 is 4.74 Å². The summed E-state index contributed by atoms with van der Waals surface area (Å²) in [5.74, 6) is 0.683. The van der Waals surface area contributed by atoms with Crippen LogP contribution in [0.3, 0.4) is 0 Å². The summed E-state index contributed by atoms with van der Waals surface area (Å²) in [5, 5.41) is 3.63. The van der Waals surface area contributed by atoms with Crippen LogP contribution in [0, 0.1) is 5.92 Å². The van der Waals surface area contributed by atoms with Gasteiger partial charge in [-0.1, -0.05) is 13.8 Å². The van der Waals surface area contributed by atoms with Gasteiger partial charge in [-0.3, -0.25) is 4.90 Å². The Balaban J connectivity index is 2.71. The molecule has 1 aliphatic heterocycles. The lowest BCUT2D eigenvalue weighted by Gasteiger charge is -2.48. The molecule has 3 heteroatoms. The van der Waals surface area contributed by atoms with Gasteiger partial charge in [0.15, 0.2) is 0 Å². The number of hydrogen-bond acceptors (Lipinski definition) is 3. The maximum absolute atomic E-state index is 5.29. The highest BCUT2D eigenvalue weighted by Gasteiger charge is 2.36. The normalized spacial score (nSPS) is 28.3. The van der Waals surface area contributed by atoms with Gasteiger partial charge in [0.2, 0.25) is 0 Å².